The van der Waals surface area contributed by atoms with Gasteiger partial charge in [-0.25, -0.2) is 10.8 Å². The lowest BCUT2D eigenvalue weighted by molar-refractivity contribution is -0.127. The summed E-state index contributed by atoms with van der Waals surface area (Å²) in [5.41, 5.74) is 10.7. The highest BCUT2D eigenvalue weighted by Crippen LogP contribution is 2.50. The zero-order valence-corrected chi connectivity index (χ0v) is 60.7. The van der Waals surface area contributed by atoms with E-state index in [0.29, 0.717) is 68.7 Å². The van der Waals surface area contributed by atoms with E-state index < -0.39 is 34.5 Å². The number of benzene rings is 10. The summed E-state index contributed by atoms with van der Waals surface area (Å²) < 4.78 is 21.4. The van der Waals surface area contributed by atoms with Crippen LogP contribution in [-0.2, 0) is 27.3 Å². The van der Waals surface area contributed by atoms with E-state index in [1.54, 1.807) is 109 Å². The number of hydrazine groups is 1. The van der Waals surface area contributed by atoms with Gasteiger partial charge in [0, 0.05) is 97.3 Å². The molecule has 4 aliphatic rings. The number of nitrogens with one attached hydrogen (secondary N) is 1. The minimum atomic E-state index is -2.12. The molecule has 5 heterocycles. The fourth-order valence-electron chi connectivity index (χ4n) is 12.3. The van der Waals surface area contributed by atoms with Gasteiger partial charge in [0.25, 0.3) is 17.7 Å². The number of anilines is 2. The molecule has 532 valence electrons. The minimum absolute atomic E-state index is 0.0394. The summed E-state index contributed by atoms with van der Waals surface area (Å²) in [5.74, 6) is 5.05. The van der Waals surface area contributed by atoms with Crippen molar-refractivity contribution in [2.24, 2.45) is 16.7 Å². The lowest BCUT2D eigenvalue weighted by Crippen LogP contribution is -2.52. The first-order valence-corrected chi connectivity index (χ1v) is 35.9. The quantitative estimate of drug-likeness (QED) is 0.0236. The summed E-state index contributed by atoms with van der Waals surface area (Å²) in [6.45, 7) is 2.15. The number of nitrogens with zero attached hydrogens (tertiary/aromatic N) is 9. The Kier molecular flexibility index (Phi) is 24.8. The largest absolute Gasteiger partial charge is 0.768 e. The van der Waals surface area contributed by atoms with Crippen LogP contribution < -0.4 is 21.9 Å². The van der Waals surface area contributed by atoms with E-state index in [4.69, 9.17) is 47.0 Å². The Morgan fingerprint density at radius 3 is 1.97 bits per heavy atom. The van der Waals surface area contributed by atoms with Gasteiger partial charge in [-0.15, -0.1) is 0 Å². The van der Waals surface area contributed by atoms with Crippen molar-refractivity contribution in [3.8, 4) is 5.75 Å². The molecule has 7 N–H and O–H groups in total. The standard InChI is InChI=1S/C24H20N2O3.C23H18ClN3OS.C16H13ClN2O3.C10H13N5.C6H5BrO2S/c27-21(18-10-4-1-5-11-18)16-25-22(28)17-26(23(25)19-12-6-2-7-13-19)24(29)20-14-8-3-9-15-20;24-17-9-6-10-18(15-17)25-22(29)27-14-13-26-21(28)19-11-4-5-12-20(19)23(26,27)16-7-2-1-3-8-16;17-12-7-5-11(6-8-12)16(22)9-10-18-19(16)15(21)13-3-1-2-4-14(13)20;11-5-6-15(12)10-7-13-8-3-1-2-4-9(8)14-10;7-5-2-1-3-6(4-5)10(8)9/h1-15,23H,16-17H2;1-12,15H,13-14H2,(H,25,29);1-8,10,20,22H,9H2;1-4,7H,5-6,11-12H2;1-4H,(H,8,9)/p-1. The fraction of sp³-hybridized carbons (Fsp3) is 0.127. The van der Waals surface area contributed by atoms with Gasteiger partial charge in [0.2, 0.25) is 5.91 Å². The van der Waals surface area contributed by atoms with Crippen LogP contribution in [0.5, 0.6) is 5.75 Å². The number of phenolic OH excluding ortho intramolecular Hbond substituents is 1. The Bertz CT molecular complexity index is 4990. The number of nitrogens with two attached hydrogens (primary N) is 2. The van der Waals surface area contributed by atoms with Gasteiger partial charge in [0.05, 0.1) is 29.3 Å². The fourth-order valence-corrected chi connectivity index (χ4v) is 14.0. The number of phenols is 1. The van der Waals surface area contributed by atoms with Crippen LogP contribution in [0.3, 0.4) is 0 Å². The van der Waals surface area contributed by atoms with E-state index in [-0.39, 0.29) is 54.3 Å². The Hall–Kier alpha value is -10.9. The first-order chi connectivity index (χ1) is 50.8. The second-order valence-corrected chi connectivity index (χ2v) is 27.0. The van der Waals surface area contributed by atoms with Crippen LogP contribution >= 0.6 is 51.3 Å². The number of aromatic hydroxyl groups is 1. The zero-order chi connectivity index (χ0) is 74.2. The Morgan fingerprint density at radius 2 is 1.31 bits per heavy atom. The molecule has 21 nitrogen and oxygen atoms in total. The smallest absolute Gasteiger partial charge is 0.280 e. The van der Waals surface area contributed by atoms with Crippen molar-refractivity contribution >= 4 is 126 Å². The van der Waals surface area contributed by atoms with Crippen molar-refractivity contribution in [2.45, 2.75) is 28.9 Å². The molecular formula is C79H68BrCl2N12O9S2-. The van der Waals surface area contributed by atoms with E-state index >= 15 is 0 Å². The van der Waals surface area contributed by atoms with Crippen LogP contribution in [0.15, 0.2) is 288 Å². The van der Waals surface area contributed by atoms with Crippen LogP contribution in [-0.4, -0.2) is 134 Å². The molecule has 10 aromatic carbocycles. The van der Waals surface area contributed by atoms with Gasteiger partial charge in [-0.05, 0) is 120 Å². The van der Waals surface area contributed by atoms with Crippen molar-refractivity contribution in [3.05, 3.63) is 332 Å². The number of amides is 4. The predicted molar refractivity (Wildman–Crippen MR) is 412 cm³/mol. The lowest BCUT2D eigenvalue weighted by atomic mass is 9.90. The lowest BCUT2D eigenvalue weighted by Gasteiger charge is -2.41. The molecule has 11 aromatic rings. The second-order valence-electron chi connectivity index (χ2n) is 23.9. The molecule has 1 aromatic heterocycles. The molecule has 2 saturated heterocycles. The zero-order valence-electron chi connectivity index (χ0n) is 56.0. The molecule has 4 atom stereocenters. The maximum Gasteiger partial charge on any atom is 0.280 e. The van der Waals surface area contributed by atoms with E-state index in [1.165, 1.54) is 39.2 Å². The first kappa shape index (κ1) is 75.3. The average Bonchev–Trinajstić information content (AvgIpc) is 1.53. The number of ketones is 1. The summed E-state index contributed by atoms with van der Waals surface area (Å²) in [5, 5.41) is 32.2. The molecule has 4 amide bonds. The number of fused-ring (bicyclic) bond motifs is 4. The van der Waals surface area contributed by atoms with E-state index in [9.17, 15) is 42.9 Å². The normalized spacial score (nSPS) is 16.9. The number of aliphatic hydroxyl groups is 1. The molecule has 4 aliphatic heterocycles. The van der Waals surface area contributed by atoms with Crippen molar-refractivity contribution in [2.75, 3.05) is 49.6 Å². The predicted octanol–water partition coefficient (Wildman–Crippen LogP) is 12.9. The molecular weight excluding hydrogens is 1480 g/mol. The maximum atomic E-state index is 13.2. The molecule has 0 aliphatic carbocycles. The van der Waals surface area contributed by atoms with Gasteiger partial charge in [-0.2, -0.15) is 10.1 Å². The Balaban J connectivity index is 0.000000137. The topological polar surface area (TPSA) is 288 Å². The number of para-hydroxylation sites is 3. The van der Waals surface area contributed by atoms with Crippen molar-refractivity contribution in [1.29, 1.82) is 0 Å². The van der Waals surface area contributed by atoms with Crippen LogP contribution in [0.2, 0.25) is 10.0 Å². The van der Waals surface area contributed by atoms with Crippen LogP contribution in [0.4, 0.5) is 11.5 Å². The molecule has 0 radical (unpaired) electrons. The van der Waals surface area contributed by atoms with Crippen molar-refractivity contribution < 1.29 is 42.9 Å². The highest BCUT2D eigenvalue weighted by Gasteiger charge is 2.59. The first-order valence-electron chi connectivity index (χ1n) is 32.8. The van der Waals surface area contributed by atoms with E-state index in [2.05, 4.69) is 53.3 Å². The van der Waals surface area contributed by atoms with Gasteiger partial charge in [-0.3, -0.25) is 38.2 Å². The number of hydrazone groups is 1. The molecule has 105 heavy (non-hydrogen) atoms. The number of hydrogen-bond donors (Lipinski definition) is 5. The molecule has 4 unspecified atom stereocenters. The van der Waals surface area contributed by atoms with E-state index in [1.807, 2.05) is 138 Å². The number of hydrogen-bond acceptors (Lipinski definition) is 16. The summed E-state index contributed by atoms with van der Waals surface area (Å²) in [6, 6.07) is 79.4. The SMILES string of the molecule is NCCN(N)c1cnc2ccccc2n1.O=C(CN1C(=O)CN(C(=O)c2ccccc2)C1c1ccccc1)c1ccccc1.O=C(c1ccccc1O)N1N=CCC1(O)c1ccc(Cl)cc1.O=C1c2ccccc2C2(c3ccccc3)N1CCN2C(=S)Nc1cccc(Cl)c1.O=S([O-])c1cccc(Br)c1. The van der Waals surface area contributed by atoms with Gasteiger partial charge >= 0.3 is 0 Å². The third-order valence-electron chi connectivity index (χ3n) is 17.3. The third-order valence-corrected chi connectivity index (χ3v) is 19.2. The number of carbonyl (C=O) groups is 5. The summed E-state index contributed by atoms with van der Waals surface area (Å²) >= 11 is 18.9. The maximum absolute atomic E-state index is 13.2. The number of Topliss-reactive ketones (excluding diaryl/α,β-unsaturated/α-hetero) is 1. The monoisotopic (exact) mass is 1540 g/mol. The van der Waals surface area contributed by atoms with Crippen molar-refractivity contribution in [3.63, 3.8) is 0 Å². The third kappa shape index (κ3) is 17.2. The number of halogens is 3. The van der Waals surface area contributed by atoms with Gasteiger partial charge in [0.1, 0.15) is 18.5 Å². The number of aromatic nitrogens is 2. The van der Waals surface area contributed by atoms with Gasteiger partial charge in [0.15, 0.2) is 28.1 Å². The van der Waals surface area contributed by atoms with Crippen LogP contribution in [0.1, 0.15) is 76.3 Å². The second kappa shape index (κ2) is 34.6. The minimum Gasteiger partial charge on any atom is -0.768 e. The van der Waals surface area contributed by atoms with Gasteiger partial charge in [-0.1, -0.05) is 215 Å². The molecule has 15 rings (SSSR count). The molecule has 0 spiro atoms. The summed E-state index contributed by atoms with van der Waals surface area (Å²) in [4.78, 5) is 80.6. The number of carbonyl (C=O) groups excluding carboxylic acids is 5. The summed E-state index contributed by atoms with van der Waals surface area (Å²) in [6.07, 6.45) is 2.66. The number of thiocarbonyl (C=S) groups is 1. The molecule has 0 saturated carbocycles. The van der Waals surface area contributed by atoms with Crippen LogP contribution in [0.25, 0.3) is 11.0 Å². The molecule has 2 fully saturated rings. The molecule has 26 heteroatoms. The van der Waals surface area contributed by atoms with E-state index in [0.717, 1.165) is 48.5 Å². The Morgan fingerprint density at radius 1 is 0.695 bits per heavy atom. The highest BCUT2D eigenvalue weighted by atomic mass is 79.9. The summed E-state index contributed by atoms with van der Waals surface area (Å²) in [7, 11) is 0. The Labute approximate surface area is 632 Å². The average molecular weight is 1540 g/mol. The number of rotatable bonds is 13. The molecule has 0 bridgehead atoms. The van der Waals surface area contributed by atoms with Crippen molar-refractivity contribution in [1.82, 2.24) is 34.6 Å². The van der Waals surface area contributed by atoms with Gasteiger partial charge < -0.3 is 45.4 Å². The highest BCUT2D eigenvalue weighted by molar-refractivity contribution is 9.10. The van der Waals surface area contributed by atoms with Crippen LogP contribution in [0, 0.1) is 0 Å².